The molecular formula is C19H25NO. The summed E-state index contributed by atoms with van der Waals surface area (Å²) >= 11 is 0. The topological polar surface area (TPSA) is 25.2 Å². The molecule has 0 spiro atoms. The summed E-state index contributed by atoms with van der Waals surface area (Å²) in [5.41, 5.74) is 1.15. The minimum Gasteiger partial charge on any atom is -0.460 e. The Bertz CT molecular complexity index is 524. The van der Waals surface area contributed by atoms with Gasteiger partial charge in [0.2, 0.25) is 0 Å². The van der Waals surface area contributed by atoms with Crippen molar-refractivity contribution >= 4 is 0 Å². The Labute approximate surface area is 127 Å². The Kier molecular flexibility index (Phi) is 5.12. The number of rotatable bonds is 4. The Morgan fingerprint density at radius 2 is 1.57 bits per heavy atom. The third-order valence-corrected chi connectivity index (χ3v) is 4.39. The average Bonchev–Trinajstić information content (AvgIpc) is 2.96. The SMILES string of the molecule is c1ccc(-c2ccc(CNC3CCCCCCC3)o2)cc1. The van der Waals surface area contributed by atoms with Gasteiger partial charge in [0.1, 0.15) is 11.5 Å². The first-order chi connectivity index (χ1) is 10.4. The normalized spacial score (nSPS) is 17.3. The van der Waals surface area contributed by atoms with E-state index in [1.807, 2.05) is 18.2 Å². The molecule has 1 saturated carbocycles. The highest BCUT2D eigenvalue weighted by Crippen LogP contribution is 2.22. The van der Waals surface area contributed by atoms with Crippen molar-refractivity contribution in [1.29, 1.82) is 0 Å². The maximum atomic E-state index is 5.95. The molecule has 1 aromatic carbocycles. The lowest BCUT2D eigenvalue weighted by molar-refractivity contribution is 0.373. The van der Waals surface area contributed by atoms with Crippen LogP contribution in [0, 0.1) is 0 Å². The second kappa shape index (κ2) is 7.46. The van der Waals surface area contributed by atoms with Gasteiger partial charge >= 0.3 is 0 Å². The highest BCUT2D eigenvalue weighted by Gasteiger charge is 2.12. The smallest absolute Gasteiger partial charge is 0.134 e. The van der Waals surface area contributed by atoms with E-state index in [-0.39, 0.29) is 0 Å². The van der Waals surface area contributed by atoms with Gasteiger partial charge in [0.25, 0.3) is 0 Å². The number of hydrogen-bond donors (Lipinski definition) is 1. The summed E-state index contributed by atoms with van der Waals surface area (Å²) in [5, 5.41) is 3.68. The molecule has 1 aliphatic rings. The minimum atomic E-state index is 0.663. The highest BCUT2D eigenvalue weighted by molar-refractivity contribution is 5.57. The van der Waals surface area contributed by atoms with Crippen LogP contribution in [0.2, 0.25) is 0 Å². The van der Waals surface area contributed by atoms with Crippen molar-refractivity contribution in [2.24, 2.45) is 0 Å². The Morgan fingerprint density at radius 3 is 2.33 bits per heavy atom. The fraction of sp³-hybridized carbons (Fsp3) is 0.474. The predicted molar refractivity (Wildman–Crippen MR) is 87.1 cm³/mol. The first kappa shape index (κ1) is 14.4. The number of nitrogens with one attached hydrogen (secondary N) is 1. The molecule has 1 fully saturated rings. The average molecular weight is 283 g/mol. The summed E-state index contributed by atoms with van der Waals surface area (Å²) < 4.78 is 5.95. The maximum Gasteiger partial charge on any atom is 0.134 e. The van der Waals surface area contributed by atoms with Crippen molar-refractivity contribution in [1.82, 2.24) is 5.32 Å². The van der Waals surface area contributed by atoms with Crippen LogP contribution in [-0.2, 0) is 6.54 Å². The van der Waals surface area contributed by atoms with Crippen molar-refractivity contribution in [2.75, 3.05) is 0 Å². The van der Waals surface area contributed by atoms with Gasteiger partial charge in [-0.3, -0.25) is 0 Å². The summed E-state index contributed by atoms with van der Waals surface area (Å²) in [4.78, 5) is 0. The van der Waals surface area contributed by atoms with Crippen molar-refractivity contribution in [3.63, 3.8) is 0 Å². The van der Waals surface area contributed by atoms with Crippen LogP contribution in [0.4, 0.5) is 0 Å². The van der Waals surface area contributed by atoms with E-state index in [2.05, 4.69) is 29.6 Å². The summed E-state index contributed by atoms with van der Waals surface area (Å²) in [6.45, 7) is 0.845. The molecule has 0 saturated heterocycles. The molecule has 2 heteroatoms. The first-order valence-corrected chi connectivity index (χ1v) is 8.29. The van der Waals surface area contributed by atoms with E-state index in [4.69, 9.17) is 4.42 Å². The van der Waals surface area contributed by atoms with Gasteiger partial charge in [0.15, 0.2) is 0 Å². The van der Waals surface area contributed by atoms with Crippen molar-refractivity contribution < 1.29 is 4.42 Å². The number of benzene rings is 1. The van der Waals surface area contributed by atoms with Gasteiger partial charge < -0.3 is 9.73 Å². The molecule has 1 aliphatic carbocycles. The molecule has 0 amide bonds. The van der Waals surface area contributed by atoms with Crippen LogP contribution in [0.15, 0.2) is 46.9 Å². The Hall–Kier alpha value is -1.54. The van der Waals surface area contributed by atoms with Gasteiger partial charge in [-0.1, -0.05) is 62.4 Å². The van der Waals surface area contributed by atoms with E-state index in [1.165, 1.54) is 44.9 Å². The Balaban J connectivity index is 1.54. The summed E-state index contributed by atoms with van der Waals surface area (Å²) in [6, 6.07) is 15.1. The lowest BCUT2D eigenvalue weighted by Crippen LogP contribution is -2.29. The molecular weight excluding hydrogens is 258 g/mol. The molecule has 112 valence electrons. The van der Waals surface area contributed by atoms with Crippen LogP contribution in [-0.4, -0.2) is 6.04 Å². The van der Waals surface area contributed by atoms with Crippen LogP contribution < -0.4 is 5.32 Å². The van der Waals surface area contributed by atoms with E-state index in [0.29, 0.717) is 6.04 Å². The van der Waals surface area contributed by atoms with E-state index in [9.17, 15) is 0 Å². The molecule has 1 aromatic heterocycles. The maximum absolute atomic E-state index is 5.95. The van der Waals surface area contributed by atoms with Gasteiger partial charge in [-0.2, -0.15) is 0 Å². The molecule has 0 unspecified atom stereocenters. The second-order valence-electron chi connectivity index (χ2n) is 6.05. The van der Waals surface area contributed by atoms with Gasteiger partial charge in [-0.05, 0) is 25.0 Å². The third-order valence-electron chi connectivity index (χ3n) is 4.39. The summed E-state index contributed by atoms with van der Waals surface area (Å²) in [7, 11) is 0. The number of hydrogen-bond acceptors (Lipinski definition) is 2. The molecule has 2 nitrogen and oxygen atoms in total. The molecule has 21 heavy (non-hydrogen) atoms. The molecule has 0 atom stereocenters. The zero-order valence-corrected chi connectivity index (χ0v) is 12.7. The van der Waals surface area contributed by atoms with E-state index < -0.39 is 0 Å². The fourth-order valence-electron chi connectivity index (χ4n) is 3.14. The molecule has 0 radical (unpaired) electrons. The van der Waals surface area contributed by atoms with Gasteiger partial charge in [0.05, 0.1) is 6.54 Å². The van der Waals surface area contributed by atoms with Gasteiger partial charge in [0, 0.05) is 11.6 Å². The van der Waals surface area contributed by atoms with Gasteiger partial charge in [-0.25, -0.2) is 0 Å². The standard InChI is InChI=1S/C19H25NO/c1-2-7-11-17(12-8-3-1)20-15-18-13-14-19(21-18)16-9-5-4-6-10-16/h4-6,9-10,13-14,17,20H,1-3,7-8,11-12,15H2. The molecule has 0 bridgehead atoms. The van der Waals surface area contributed by atoms with E-state index >= 15 is 0 Å². The van der Waals surface area contributed by atoms with E-state index in [1.54, 1.807) is 0 Å². The zero-order chi connectivity index (χ0) is 14.3. The minimum absolute atomic E-state index is 0.663. The highest BCUT2D eigenvalue weighted by atomic mass is 16.3. The summed E-state index contributed by atoms with van der Waals surface area (Å²) in [5.74, 6) is 2.00. The second-order valence-corrected chi connectivity index (χ2v) is 6.05. The van der Waals surface area contributed by atoms with Crippen LogP contribution in [0.1, 0.15) is 50.7 Å². The van der Waals surface area contributed by atoms with Crippen molar-refractivity contribution in [2.45, 2.75) is 57.5 Å². The quantitative estimate of drug-likeness (QED) is 0.839. The molecule has 1 heterocycles. The third kappa shape index (κ3) is 4.21. The molecule has 3 rings (SSSR count). The van der Waals surface area contributed by atoms with Crippen LogP contribution in [0.25, 0.3) is 11.3 Å². The Morgan fingerprint density at radius 1 is 0.857 bits per heavy atom. The monoisotopic (exact) mass is 283 g/mol. The fourth-order valence-corrected chi connectivity index (χ4v) is 3.14. The van der Waals surface area contributed by atoms with Crippen LogP contribution in [0.5, 0.6) is 0 Å². The van der Waals surface area contributed by atoms with Crippen LogP contribution >= 0.6 is 0 Å². The zero-order valence-electron chi connectivity index (χ0n) is 12.7. The van der Waals surface area contributed by atoms with Crippen molar-refractivity contribution in [3.05, 3.63) is 48.2 Å². The van der Waals surface area contributed by atoms with Gasteiger partial charge in [-0.15, -0.1) is 0 Å². The van der Waals surface area contributed by atoms with Crippen LogP contribution in [0.3, 0.4) is 0 Å². The lowest BCUT2D eigenvalue weighted by Gasteiger charge is -2.20. The molecule has 2 aromatic rings. The molecule has 0 aliphatic heterocycles. The molecule has 1 N–H and O–H groups in total. The lowest BCUT2D eigenvalue weighted by atomic mass is 9.97. The predicted octanol–water partition coefficient (Wildman–Crippen LogP) is 5.15. The largest absolute Gasteiger partial charge is 0.460 e. The first-order valence-electron chi connectivity index (χ1n) is 8.29. The number of furan rings is 1. The van der Waals surface area contributed by atoms with E-state index in [0.717, 1.165) is 23.6 Å². The summed E-state index contributed by atoms with van der Waals surface area (Å²) in [6.07, 6.45) is 9.58. The van der Waals surface area contributed by atoms with Crippen molar-refractivity contribution in [3.8, 4) is 11.3 Å².